The average Bonchev–Trinajstić information content (AvgIpc) is 2.93. The number of carbonyl (C=O) groups is 1. The monoisotopic (exact) mass is 288 g/mol. The van der Waals surface area contributed by atoms with Crippen molar-refractivity contribution in [3.63, 3.8) is 0 Å². The summed E-state index contributed by atoms with van der Waals surface area (Å²) in [4.78, 5) is 11.2. The lowest BCUT2D eigenvalue weighted by molar-refractivity contribution is 0.0690. The smallest absolute Gasteiger partial charge is 0.356 e. The third kappa shape index (κ3) is 2.91. The molecular formula is C16H20N2O3. The fourth-order valence-electron chi connectivity index (χ4n) is 2.50. The van der Waals surface area contributed by atoms with E-state index in [-0.39, 0.29) is 11.6 Å². The maximum atomic E-state index is 11.2. The van der Waals surface area contributed by atoms with E-state index in [2.05, 4.69) is 18.9 Å². The number of benzene rings is 1. The molecule has 2 aromatic rings. The lowest BCUT2D eigenvalue weighted by atomic mass is 9.99. The zero-order chi connectivity index (χ0) is 15.4. The van der Waals surface area contributed by atoms with Gasteiger partial charge in [0.25, 0.3) is 0 Å². The Bertz CT molecular complexity index is 630. The van der Waals surface area contributed by atoms with Crippen LogP contribution in [-0.4, -0.2) is 28.0 Å². The number of hydrogen-bond donors (Lipinski definition) is 1. The Kier molecular flexibility index (Phi) is 4.62. The van der Waals surface area contributed by atoms with Crippen LogP contribution >= 0.6 is 0 Å². The van der Waals surface area contributed by atoms with Crippen LogP contribution in [0.2, 0.25) is 0 Å². The number of para-hydroxylation sites is 2. The zero-order valence-corrected chi connectivity index (χ0v) is 12.5. The molecule has 0 atom stereocenters. The van der Waals surface area contributed by atoms with Gasteiger partial charge in [-0.15, -0.1) is 0 Å². The van der Waals surface area contributed by atoms with Gasteiger partial charge in [-0.25, -0.2) is 9.48 Å². The SMILES string of the molecule is CCC(CC)c1cc(C(=O)O)nn1-c1ccccc1OC. The van der Waals surface area contributed by atoms with Crippen molar-refractivity contribution in [1.29, 1.82) is 0 Å². The minimum atomic E-state index is -1.02. The van der Waals surface area contributed by atoms with E-state index in [1.807, 2.05) is 24.3 Å². The molecule has 1 heterocycles. The molecule has 0 saturated heterocycles. The van der Waals surface area contributed by atoms with Crippen LogP contribution in [0.15, 0.2) is 30.3 Å². The molecule has 1 N–H and O–H groups in total. The van der Waals surface area contributed by atoms with Crippen molar-refractivity contribution < 1.29 is 14.6 Å². The third-order valence-electron chi connectivity index (χ3n) is 3.67. The molecule has 0 aliphatic heterocycles. The number of hydrogen-bond acceptors (Lipinski definition) is 3. The van der Waals surface area contributed by atoms with Crippen LogP contribution in [0.4, 0.5) is 0 Å². The Morgan fingerprint density at radius 1 is 1.33 bits per heavy atom. The molecule has 0 aliphatic carbocycles. The largest absolute Gasteiger partial charge is 0.494 e. The summed E-state index contributed by atoms with van der Waals surface area (Å²) in [6.45, 7) is 4.18. The highest BCUT2D eigenvalue weighted by molar-refractivity contribution is 5.85. The molecule has 0 saturated carbocycles. The van der Waals surface area contributed by atoms with Crippen molar-refractivity contribution in [2.24, 2.45) is 0 Å². The van der Waals surface area contributed by atoms with Crippen LogP contribution in [0.25, 0.3) is 5.69 Å². The van der Waals surface area contributed by atoms with Gasteiger partial charge in [-0.2, -0.15) is 5.10 Å². The van der Waals surface area contributed by atoms with Gasteiger partial charge in [0.1, 0.15) is 11.4 Å². The molecule has 21 heavy (non-hydrogen) atoms. The highest BCUT2D eigenvalue weighted by atomic mass is 16.5. The van der Waals surface area contributed by atoms with E-state index in [9.17, 15) is 9.90 Å². The van der Waals surface area contributed by atoms with Gasteiger partial charge in [-0.1, -0.05) is 26.0 Å². The molecule has 5 heteroatoms. The maximum Gasteiger partial charge on any atom is 0.356 e. The van der Waals surface area contributed by atoms with Gasteiger partial charge < -0.3 is 9.84 Å². The van der Waals surface area contributed by atoms with E-state index >= 15 is 0 Å². The molecular weight excluding hydrogens is 268 g/mol. The number of carboxylic acid groups (broad SMARTS) is 1. The first-order chi connectivity index (χ1) is 10.1. The van der Waals surface area contributed by atoms with E-state index in [0.717, 1.165) is 24.2 Å². The average molecular weight is 288 g/mol. The Morgan fingerprint density at radius 2 is 2.00 bits per heavy atom. The quantitative estimate of drug-likeness (QED) is 0.883. The number of rotatable bonds is 6. The Hall–Kier alpha value is -2.30. The fraction of sp³-hybridized carbons (Fsp3) is 0.375. The van der Waals surface area contributed by atoms with Crippen molar-refractivity contribution in [2.45, 2.75) is 32.6 Å². The Labute approximate surface area is 124 Å². The van der Waals surface area contributed by atoms with Gasteiger partial charge in [0.15, 0.2) is 5.69 Å². The summed E-state index contributed by atoms with van der Waals surface area (Å²) in [6.07, 6.45) is 1.85. The summed E-state index contributed by atoms with van der Waals surface area (Å²) in [5.74, 6) is -0.0869. The fourth-order valence-corrected chi connectivity index (χ4v) is 2.50. The first-order valence-corrected chi connectivity index (χ1v) is 7.09. The first kappa shape index (κ1) is 15.1. The summed E-state index contributed by atoms with van der Waals surface area (Å²) in [5.41, 5.74) is 1.72. The Balaban J connectivity index is 2.63. The van der Waals surface area contributed by atoms with E-state index in [1.165, 1.54) is 0 Å². The van der Waals surface area contributed by atoms with Crippen molar-refractivity contribution >= 4 is 5.97 Å². The van der Waals surface area contributed by atoms with E-state index in [4.69, 9.17) is 4.74 Å². The number of nitrogens with zero attached hydrogens (tertiary/aromatic N) is 2. The number of carboxylic acids is 1. The van der Waals surface area contributed by atoms with Crippen molar-refractivity contribution in [3.8, 4) is 11.4 Å². The summed E-state index contributed by atoms with van der Waals surface area (Å²) in [6, 6.07) is 9.14. The van der Waals surface area contributed by atoms with Crippen molar-refractivity contribution in [3.05, 3.63) is 41.7 Å². The molecule has 112 valence electrons. The zero-order valence-electron chi connectivity index (χ0n) is 12.5. The lowest BCUT2D eigenvalue weighted by Gasteiger charge is -2.16. The van der Waals surface area contributed by atoms with E-state index in [0.29, 0.717) is 5.75 Å². The molecule has 0 unspecified atom stereocenters. The molecule has 0 bridgehead atoms. The number of aromatic carboxylic acids is 1. The van der Waals surface area contributed by atoms with Crippen molar-refractivity contribution in [1.82, 2.24) is 9.78 Å². The molecule has 0 fully saturated rings. The van der Waals surface area contributed by atoms with Gasteiger partial charge in [0.2, 0.25) is 0 Å². The molecule has 0 spiro atoms. The molecule has 5 nitrogen and oxygen atoms in total. The minimum Gasteiger partial charge on any atom is -0.494 e. The summed E-state index contributed by atoms with van der Waals surface area (Å²) in [7, 11) is 1.59. The van der Waals surface area contributed by atoms with Crippen LogP contribution in [0, 0.1) is 0 Å². The summed E-state index contributed by atoms with van der Waals surface area (Å²) in [5, 5.41) is 13.5. The minimum absolute atomic E-state index is 0.0582. The molecule has 1 aromatic carbocycles. The van der Waals surface area contributed by atoms with Gasteiger partial charge in [0, 0.05) is 11.6 Å². The Morgan fingerprint density at radius 3 is 2.57 bits per heavy atom. The molecule has 0 aliphatic rings. The summed E-state index contributed by atoms with van der Waals surface area (Å²) >= 11 is 0. The second-order valence-corrected chi connectivity index (χ2v) is 4.86. The molecule has 2 rings (SSSR count). The number of ether oxygens (including phenoxy) is 1. The second-order valence-electron chi connectivity index (χ2n) is 4.86. The first-order valence-electron chi connectivity index (χ1n) is 7.09. The van der Waals surface area contributed by atoms with Gasteiger partial charge >= 0.3 is 5.97 Å². The second kappa shape index (κ2) is 6.43. The standard InChI is InChI=1S/C16H20N2O3/c1-4-11(5-2)14-10-12(16(19)20)17-18(14)13-8-6-7-9-15(13)21-3/h6-11H,4-5H2,1-3H3,(H,19,20). The van der Waals surface area contributed by atoms with Crippen LogP contribution in [-0.2, 0) is 0 Å². The lowest BCUT2D eigenvalue weighted by Crippen LogP contribution is -2.08. The predicted octanol–water partition coefficient (Wildman–Crippen LogP) is 3.48. The highest BCUT2D eigenvalue weighted by Gasteiger charge is 2.21. The normalized spacial score (nSPS) is 10.9. The van der Waals surface area contributed by atoms with Gasteiger partial charge in [-0.05, 0) is 31.0 Å². The van der Waals surface area contributed by atoms with Gasteiger partial charge in [-0.3, -0.25) is 0 Å². The van der Waals surface area contributed by atoms with Crippen LogP contribution in [0.1, 0.15) is 48.8 Å². The van der Waals surface area contributed by atoms with Crippen LogP contribution in [0.5, 0.6) is 5.75 Å². The van der Waals surface area contributed by atoms with E-state index in [1.54, 1.807) is 17.9 Å². The third-order valence-corrected chi connectivity index (χ3v) is 3.67. The molecule has 0 amide bonds. The summed E-state index contributed by atoms with van der Waals surface area (Å²) < 4.78 is 7.06. The highest BCUT2D eigenvalue weighted by Crippen LogP contribution is 2.30. The molecule has 1 aromatic heterocycles. The number of methoxy groups -OCH3 is 1. The van der Waals surface area contributed by atoms with Crippen molar-refractivity contribution in [2.75, 3.05) is 7.11 Å². The van der Waals surface area contributed by atoms with Crippen LogP contribution in [0.3, 0.4) is 0 Å². The number of aromatic nitrogens is 2. The predicted molar refractivity (Wildman–Crippen MR) is 80.4 cm³/mol. The topological polar surface area (TPSA) is 64.3 Å². The van der Waals surface area contributed by atoms with Crippen LogP contribution < -0.4 is 4.74 Å². The molecule has 0 radical (unpaired) electrons. The van der Waals surface area contributed by atoms with Gasteiger partial charge in [0.05, 0.1) is 7.11 Å². The maximum absolute atomic E-state index is 11.2. The van der Waals surface area contributed by atoms with E-state index < -0.39 is 5.97 Å².